The Balaban J connectivity index is 2.42. The molecule has 4 N–H and O–H groups in total. The van der Waals surface area contributed by atoms with E-state index in [-0.39, 0.29) is 23.3 Å². The van der Waals surface area contributed by atoms with Crippen molar-refractivity contribution in [3.05, 3.63) is 53.0 Å². The largest absolute Gasteiger partial charge is 0.418 e. The van der Waals surface area contributed by atoms with Crippen molar-refractivity contribution in [1.29, 1.82) is 0 Å². The number of alkyl halides is 3. The summed E-state index contributed by atoms with van der Waals surface area (Å²) < 4.78 is 40.0. The molecule has 0 saturated heterocycles. The van der Waals surface area contributed by atoms with Crippen LogP contribution in [0.4, 0.5) is 19.0 Å². The van der Waals surface area contributed by atoms with Gasteiger partial charge in [0, 0.05) is 17.9 Å². The molecular formula is C18H21F3N4O. The second kappa shape index (κ2) is 7.82. The van der Waals surface area contributed by atoms with Gasteiger partial charge in [0.25, 0.3) is 0 Å². The van der Waals surface area contributed by atoms with Crippen LogP contribution in [0.2, 0.25) is 0 Å². The number of carbonyl (C=O) groups excluding carboxylic acids is 1. The van der Waals surface area contributed by atoms with Crippen LogP contribution >= 0.6 is 0 Å². The van der Waals surface area contributed by atoms with Crippen molar-refractivity contribution in [1.82, 2.24) is 9.97 Å². The van der Waals surface area contributed by atoms with Crippen LogP contribution in [0, 0.1) is 5.92 Å². The highest BCUT2D eigenvalue weighted by Crippen LogP contribution is 2.33. The van der Waals surface area contributed by atoms with Gasteiger partial charge in [-0.05, 0) is 43.0 Å². The molecule has 0 aliphatic heterocycles. The summed E-state index contributed by atoms with van der Waals surface area (Å²) >= 11 is 0. The number of rotatable bonds is 6. The maximum atomic E-state index is 13.3. The fraction of sp³-hybridized carbons (Fsp3) is 0.389. The van der Waals surface area contributed by atoms with Gasteiger partial charge in [-0.2, -0.15) is 13.2 Å². The number of anilines is 1. The number of pyridine rings is 2. The molecule has 2 rings (SSSR count). The quantitative estimate of drug-likeness (QED) is 0.766. The molecule has 1 atom stereocenters. The maximum Gasteiger partial charge on any atom is 0.418 e. The zero-order valence-electron chi connectivity index (χ0n) is 14.5. The van der Waals surface area contributed by atoms with E-state index in [1.807, 2.05) is 13.8 Å². The predicted octanol–water partition coefficient (Wildman–Crippen LogP) is 3.22. The van der Waals surface area contributed by atoms with Gasteiger partial charge in [-0.15, -0.1) is 0 Å². The summed E-state index contributed by atoms with van der Waals surface area (Å²) in [6.07, 6.45) is -2.42. The Kier molecular flexibility index (Phi) is 5.97. The summed E-state index contributed by atoms with van der Waals surface area (Å²) in [4.78, 5) is 20.4. The SMILES string of the molecule is CC(C)[C@H](N)CCc1ccc(C(F)(F)F)c(C(=O)c2cccnc2N)n1. The monoisotopic (exact) mass is 366 g/mol. The van der Waals surface area contributed by atoms with E-state index in [1.54, 1.807) is 0 Å². The zero-order chi connectivity index (χ0) is 19.5. The Morgan fingerprint density at radius 1 is 1.23 bits per heavy atom. The lowest BCUT2D eigenvalue weighted by Gasteiger charge is -2.16. The van der Waals surface area contributed by atoms with Crippen molar-refractivity contribution in [3.63, 3.8) is 0 Å². The lowest BCUT2D eigenvalue weighted by atomic mass is 9.98. The fourth-order valence-electron chi connectivity index (χ4n) is 2.43. The van der Waals surface area contributed by atoms with Crippen molar-refractivity contribution in [2.24, 2.45) is 11.7 Å². The molecule has 2 aromatic heterocycles. The Labute approximate surface area is 149 Å². The first-order valence-electron chi connectivity index (χ1n) is 8.19. The van der Waals surface area contributed by atoms with Crippen molar-refractivity contribution in [2.45, 2.75) is 38.9 Å². The van der Waals surface area contributed by atoms with E-state index < -0.39 is 23.2 Å². The van der Waals surface area contributed by atoms with Crippen LogP contribution in [0.15, 0.2) is 30.5 Å². The molecular weight excluding hydrogens is 345 g/mol. The average molecular weight is 366 g/mol. The highest BCUT2D eigenvalue weighted by Gasteiger charge is 2.37. The molecule has 0 aromatic carbocycles. The van der Waals surface area contributed by atoms with Crippen LogP contribution < -0.4 is 11.5 Å². The molecule has 140 valence electrons. The minimum absolute atomic E-state index is 0.104. The van der Waals surface area contributed by atoms with Gasteiger partial charge in [0.05, 0.1) is 11.1 Å². The fourth-order valence-corrected chi connectivity index (χ4v) is 2.43. The molecule has 0 amide bonds. The number of nitrogens with zero attached hydrogens (tertiary/aromatic N) is 2. The number of halogens is 3. The predicted molar refractivity (Wildman–Crippen MR) is 92.5 cm³/mol. The first kappa shape index (κ1) is 19.8. The van der Waals surface area contributed by atoms with E-state index in [0.29, 0.717) is 18.5 Å². The molecule has 0 saturated carbocycles. The zero-order valence-corrected chi connectivity index (χ0v) is 14.5. The molecule has 2 aromatic rings. The smallest absolute Gasteiger partial charge is 0.383 e. The van der Waals surface area contributed by atoms with Crippen molar-refractivity contribution in [2.75, 3.05) is 5.73 Å². The molecule has 5 nitrogen and oxygen atoms in total. The lowest BCUT2D eigenvalue weighted by Crippen LogP contribution is -2.27. The van der Waals surface area contributed by atoms with Crippen LogP contribution in [0.5, 0.6) is 0 Å². The second-order valence-electron chi connectivity index (χ2n) is 6.41. The third-order valence-corrected chi connectivity index (χ3v) is 4.15. The Morgan fingerprint density at radius 2 is 1.92 bits per heavy atom. The van der Waals surface area contributed by atoms with Gasteiger partial charge in [0.2, 0.25) is 5.78 Å². The van der Waals surface area contributed by atoms with Crippen molar-refractivity contribution < 1.29 is 18.0 Å². The Hall–Kier alpha value is -2.48. The molecule has 0 spiro atoms. The average Bonchev–Trinajstić information content (AvgIpc) is 2.58. The summed E-state index contributed by atoms with van der Waals surface area (Å²) in [6, 6.07) is 4.81. The molecule has 0 bridgehead atoms. The van der Waals surface area contributed by atoms with Crippen LogP contribution in [0.3, 0.4) is 0 Å². The van der Waals surface area contributed by atoms with Gasteiger partial charge in [0.1, 0.15) is 11.5 Å². The first-order chi connectivity index (χ1) is 12.1. The number of aryl methyl sites for hydroxylation is 1. The van der Waals surface area contributed by atoms with E-state index in [1.165, 1.54) is 24.4 Å². The number of ketones is 1. The number of aromatic nitrogens is 2. The molecule has 0 fully saturated rings. The van der Waals surface area contributed by atoms with Gasteiger partial charge in [-0.25, -0.2) is 9.97 Å². The molecule has 2 heterocycles. The molecule has 0 radical (unpaired) electrons. The molecule has 0 aliphatic rings. The third kappa shape index (κ3) is 4.57. The maximum absolute atomic E-state index is 13.3. The third-order valence-electron chi connectivity index (χ3n) is 4.15. The van der Waals surface area contributed by atoms with Crippen LogP contribution in [0.25, 0.3) is 0 Å². The molecule has 26 heavy (non-hydrogen) atoms. The minimum atomic E-state index is -4.71. The summed E-state index contributed by atoms with van der Waals surface area (Å²) in [7, 11) is 0. The summed E-state index contributed by atoms with van der Waals surface area (Å²) in [5.41, 5.74) is 10.1. The van der Waals surface area contributed by atoms with E-state index in [0.717, 1.165) is 6.07 Å². The molecule has 0 unspecified atom stereocenters. The van der Waals surface area contributed by atoms with Gasteiger partial charge < -0.3 is 11.5 Å². The lowest BCUT2D eigenvalue weighted by molar-refractivity contribution is -0.138. The Bertz CT molecular complexity index is 790. The first-order valence-corrected chi connectivity index (χ1v) is 8.19. The number of nitrogen functional groups attached to an aromatic ring is 1. The van der Waals surface area contributed by atoms with Crippen molar-refractivity contribution in [3.8, 4) is 0 Å². The van der Waals surface area contributed by atoms with E-state index in [2.05, 4.69) is 9.97 Å². The van der Waals surface area contributed by atoms with Crippen LogP contribution in [0.1, 0.15) is 47.6 Å². The van der Waals surface area contributed by atoms with Crippen LogP contribution in [-0.2, 0) is 12.6 Å². The number of hydrogen-bond acceptors (Lipinski definition) is 5. The van der Waals surface area contributed by atoms with E-state index >= 15 is 0 Å². The van der Waals surface area contributed by atoms with Gasteiger partial charge in [0.15, 0.2) is 0 Å². The topological polar surface area (TPSA) is 94.9 Å². The molecule has 0 aliphatic carbocycles. The summed E-state index contributed by atoms with van der Waals surface area (Å²) in [6.45, 7) is 3.93. The number of nitrogens with two attached hydrogens (primary N) is 2. The Morgan fingerprint density at radius 3 is 2.50 bits per heavy atom. The number of hydrogen-bond donors (Lipinski definition) is 2. The minimum Gasteiger partial charge on any atom is -0.383 e. The normalized spacial score (nSPS) is 13.0. The van der Waals surface area contributed by atoms with Crippen molar-refractivity contribution >= 4 is 11.6 Å². The summed E-state index contributed by atoms with van der Waals surface area (Å²) in [5, 5.41) is 0. The van der Waals surface area contributed by atoms with E-state index in [9.17, 15) is 18.0 Å². The van der Waals surface area contributed by atoms with Crippen LogP contribution in [-0.4, -0.2) is 21.8 Å². The standard InChI is InChI=1S/C18H21F3N4O/c1-10(2)14(22)8-6-11-5-7-13(18(19,20)21)15(25-11)16(26)12-4-3-9-24-17(12)23/h3-5,7,9-10,14H,6,8,22H2,1-2H3,(H2,23,24)/t14-/m1/s1. The van der Waals surface area contributed by atoms with Gasteiger partial charge in [-0.1, -0.05) is 13.8 Å². The number of carbonyl (C=O) groups is 1. The van der Waals surface area contributed by atoms with Gasteiger partial charge in [-0.3, -0.25) is 4.79 Å². The van der Waals surface area contributed by atoms with E-state index in [4.69, 9.17) is 11.5 Å². The second-order valence-corrected chi connectivity index (χ2v) is 6.41. The highest BCUT2D eigenvalue weighted by atomic mass is 19.4. The van der Waals surface area contributed by atoms with Gasteiger partial charge >= 0.3 is 6.18 Å². The highest BCUT2D eigenvalue weighted by molar-refractivity contribution is 6.11. The summed E-state index contributed by atoms with van der Waals surface area (Å²) in [5.74, 6) is -0.807. The molecule has 8 heteroatoms.